The first-order valence-electron chi connectivity index (χ1n) is 4.95. The van der Waals surface area contributed by atoms with Gasteiger partial charge in [0.25, 0.3) is 0 Å². The predicted molar refractivity (Wildman–Crippen MR) is 67.4 cm³/mol. The number of nitrogens with zero attached hydrogens (tertiary/aromatic N) is 2. The molecule has 0 aromatic carbocycles. The SMILES string of the molecule is Ic1cnc(SCC2CCCC2)nc1. The van der Waals surface area contributed by atoms with Crippen molar-refractivity contribution in [2.75, 3.05) is 5.75 Å². The lowest BCUT2D eigenvalue weighted by Crippen LogP contribution is -1.97. The van der Waals surface area contributed by atoms with E-state index in [9.17, 15) is 0 Å². The lowest BCUT2D eigenvalue weighted by atomic mass is 10.1. The van der Waals surface area contributed by atoms with E-state index in [1.807, 2.05) is 12.4 Å². The highest BCUT2D eigenvalue weighted by atomic mass is 127. The third-order valence-electron chi connectivity index (χ3n) is 2.52. The van der Waals surface area contributed by atoms with Gasteiger partial charge in [-0.05, 0) is 41.4 Å². The first-order chi connectivity index (χ1) is 6.84. The van der Waals surface area contributed by atoms with Crippen LogP contribution in [0.25, 0.3) is 0 Å². The maximum atomic E-state index is 4.28. The molecule has 1 aliphatic carbocycles. The lowest BCUT2D eigenvalue weighted by Gasteiger charge is -2.06. The minimum Gasteiger partial charge on any atom is -0.230 e. The van der Waals surface area contributed by atoms with Crippen LogP contribution < -0.4 is 0 Å². The van der Waals surface area contributed by atoms with Crippen LogP contribution in [-0.4, -0.2) is 15.7 Å². The predicted octanol–water partition coefficient (Wildman–Crippen LogP) is 3.36. The highest BCUT2D eigenvalue weighted by Gasteiger charge is 2.15. The van der Waals surface area contributed by atoms with Gasteiger partial charge in [-0.2, -0.15) is 0 Å². The molecule has 1 fully saturated rings. The van der Waals surface area contributed by atoms with Gasteiger partial charge in [-0.25, -0.2) is 9.97 Å². The smallest absolute Gasteiger partial charge is 0.187 e. The zero-order valence-electron chi connectivity index (χ0n) is 7.95. The van der Waals surface area contributed by atoms with Crippen LogP contribution in [0.4, 0.5) is 0 Å². The minimum absolute atomic E-state index is 0.905. The number of aromatic nitrogens is 2. The van der Waals surface area contributed by atoms with Crippen molar-refractivity contribution in [3.63, 3.8) is 0 Å². The van der Waals surface area contributed by atoms with Crippen LogP contribution >= 0.6 is 34.4 Å². The Balaban J connectivity index is 1.82. The summed E-state index contributed by atoms with van der Waals surface area (Å²) in [6.07, 6.45) is 9.39. The van der Waals surface area contributed by atoms with Crippen molar-refractivity contribution in [1.82, 2.24) is 9.97 Å². The maximum absolute atomic E-state index is 4.28. The van der Waals surface area contributed by atoms with Crippen molar-refractivity contribution in [3.8, 4) is 0 Å². The fraction of sp³-hybridized carbons (Fsp3) is 0.600. The van der Waals surface area contributed by atoms with Crippen LogP contribution in [0.3, 0.4) is 0 Å². The van der Waals surface area contributed by atoms with Crippen LogP contribution in [0.15, 0.2) is 17.6 Å². The van der Waals surface area contributed by atoms with E-state index in [1.54, 1.807) is 11.8 Å². The van der Waals surface area contributed by atoms with Gasteiger partial charge in [-0.1, -0.05) is 24.6 Å². The highest BCUT2D eigenvalue weighted by molar-refractivity contribution is 14.1. The van der Waals surface area contributed by atoms with Crippen molar-refractivity contribution in [2.24, 2.45) is 5.92 Å². The topological polar surface area (TPSA) is 25.8 Å². The summed E-state index contributed by atoms with van der Waals surface area (Å²) in [4.78, 5) is 8.57. The molecule has 0 spiro atoms. The molecule has 4 heteroatoms. The molecule has 0 saturated heterocycles. The molecule has 0 aliphatic heterocycles. The fourth-order valence-corrected chi connectivity index (χ4v) is 3.00. The molecule has 0 bridgehead atoms. The molecule has 76 valence electrons. The average molecular weight is 320 g/mol. The molecule has 0 atom stereocenters. The first-order valence-corrected chi connectivity index (χ1v) is 7.01. The zero-order valence-corrected chi connectivity index (χ0v) is 10.9. The van der Waals surface area contributed by atoms with Crippen LogP contribution in [0, 0.1) is 9.49 Å². The minimum atomic E-state index is 0.905. The molecule has 1 aliphatic rings. The summed E-state index contributed by atoms with van der Waals surface area (Å²) < 4.78 is 1.10. The molecular weight excluding hydrogens is 307 g/mol. The molecule has 0 unspecified atom stereocenters. The highest BCUT2D eigenvalue weighted by Crippen LogP contribution is 2.29. The number of thioether (sulfide) groups is 1. The van der Waals surface area contributed by atoms with Crippen LogP contribution in [0.5, 0.6) is 0 Å². The standard InChI is InChI=1S/C10H13IN2S/c11-9-5-12-10(13-6-9)14-7-8-3-1-2-4-8/h5-6,8H,1-4,7H2. The zero-order chi connectivity index (χ0) is 9.80. The first kappa shape index (κ1) is 10.7. The van der Waals surface area contributed by atoms with E-state index in [2.05, 4.69) is 32.6 Å². The Morgan fingerprint density at radius 2 is 1.93 bits per heavy atom. The molecule has 2 nitrogen and oxygen atoms in total. The van der Waals surface area contributed by atoms with Gasteiger partial charge in [0, 0.05) is 21.7 Å². The van der Waals surface area contributed by atoms with E-state index in [-0.39, 0.29) is 0 Å². The van der Waals surface area contributed by atoms with Gasteiger partial charge >= 0.3 is 0 Å². The summed E-state index contributed by atoms with van der Waals surface area (Å²) in [5, 5.41) is 0.928. The van der Waals surface area contributed by atoms with Crippen molar-refractivity contribution >= 4 is 34.4 Å². The second-order valence-corrected chi connectivity index (χ2v) is 5.88. The molecule has 1 saturated carbocycles. The molecule has 1 aromatic heterocycles. The molecule has 0 N–H and O–H groups in total. The second-order valence-electron chi connectivity index (χ2n) is 3.65. The van der Waals surface area contributed by atoms with Gasteiger partial charge in [0.1, 0.15) is 0 Å². The summed E-state index contributed by atoms with van der Waals surface area (Å²) >= 11 is 4.03. The summed E-state index contributed by atoms with van der Waals surface area (Å²) in [6, 6.07) is 0. The Kier molecular flexibility index (Phi) is 4.04. The Labute approximate surface area is 102 Å². The maximum Gasteiger partial charge on any atom is 0.187 e. The second kappa shape index (κ2) is 5.30. The molecular formula is C10H13IN2S. The van der Waals surface area contributed by atoms with E-state index in [0.717, 1.165) is 14.6 Å². The third-order valence-corrected chi connectivity index (χ3v) is 4.18. The number of halogens is 1. The van der Waals surface area contributed by atoms with Gasteiger partial charge in [-0.15, -0.1) is 0 Å². The van der Waals surface area contributed by atoms with Crippen molar-refractivity contribution < 1.29 is 0 Å². The van der Waals surface area contributed by atoms with Crippen LogP contribution in [0.1, 0.15) is 25.7 Å². The van der Waals surface area contributed by atoms with E-state index in [4.69, 9.17) is 0 Å². The Morgan fingerprint density at radius 3 is 2.57 bits per heavy atom. The molecule has 1 aromatic rings. The summed E-state index contributed by atoms with van der Waals surface area (Å²) in [5.41, 5.74) is 0. The van der Waals surface area contributed by atoms with Crippen molar-refractivity contribution in [1.29, 1.82) is 0 Å². The largest absolute Gasteiger partial charge is 0.230 e. The summed E-state index contributed by atoms with van der Waals surface area (Å²) in [5.74, 6) is 2.10. The lowest BCUT2D eigenvalue weighted by molar-refractivity contribution is 0.622. The van der Waals surface area contributed by atoms with Gasteiger partial charge in [0.05, 0.1) is 0 Å². The molecule has 1 heterocycles. The van der Waals surface area contributed by atoms with Gasteiger partial charge < -0.3 is 0 Å². The fourth-order valence-electron chi connectivity index (χ4n) is 1.74. The van der Waals surface area contributed by atoms with E-state index in [1.165, 1.54) is 31.4 Å². The third kappa shape index (κ3) is 3.08. The Hall–Kier alpha value is 0.160. The molecule has 0 amide bonds. The normalized spacial score (nSPS) is 17.5. The van der Waals surface area contributed by atoms with Gasteiger partial charge in [0.15, 0.2) is 5.16 Å². The van der Waals surface area contributed by atoms with E-state index >= 15 is 0 Å². The number of rotatable bonds is 3. The molecule has 0 radical (unpaired) electrons. The average Bonchev–Trinajstić information content (AvgIpc) is 2.70. The monoisotopic (exact) mass is 320 g/mol. The Bertz CT molecular complexity index is 283. The van der Waals surface area contributed by atoms with Crippen molar-refractivity contribution in [3.05, 3.63) is 16.0 Å². The number of hydrogen-bond donors (Lipinski definition) is 0. The summed E-state index contributed by atoms with van der Waals surface area (Å²) in [7, 11) is 0. The van der Waals surface area contributed by atoms with E-state index < -0.39 is 0 Å². The number of hydrogen-bond acceptors (Lipinski definition) is 3. The van der Waals surface area contributed by atoms with E-state index in [0.29, 0.717) is 0 Å². The van der Waals surface area contributed by atoms with Crippen molar-refractivity contribution in [2.45, 2.75) is 30.8 Å². The quantitative estimate of drug-likeness (QED) is 0.485. The van der Waals surface area contributed by atoms with Gasteiger partial charge in [-0.3, -0.25) is 0 Å². The van der Waals surface area contributed by atoms with Crippen LogP contribution in [-0.2, 0) is 0 Å². The molecule has 2 rings (SSSR count). The molecule has 14 heavy (non-hydrogen) atoms. The summed E-state index contributed by atoms with van der Waals surface area (Å²) in [6.45, 7) is 0. The van der Waals surface area contributed by atoms with Crippen LogP contribution in [0.2, 0.25) is 0 Å². The Morgan fingerprint density at radius 1 is 1.29 bits per heavy atom. The van der Waals surface area contributed by atoms with Gasteiger partial charge in [0.2, 0.25) is 0 Å².